The molecular weight excluding hydrogens is 290 g/mol. The first-order valence-corrected chi connectivity index (χ1v) is 7.26. The average molecular weight is 308 g/mol. The fourth-order valence-electron chi connectivity index (χ4n) is 2.18. The van der Waals surface area contributed by atoms with Gasteiger partial charge in [-0.2, -0.15) is 0 Å². The Hall–Kier alpha value is -2.88. The Morgan fingerprint density at radius 1 is 1.00 bits per heavy atom. The maximum atomic E-state index is 12.2. The van der Waals surface area contributed by atoms with Crippen molar-refractivity contribution in [2.45, 2.75) is 20.8 Å². The Kier molecular flexibility index (Phi) is 4.96. The van der Waals surface area contributed by atoms with Crippen LogP contribution in [0.1, 0.15) is 22.3 Å². The molecule has 23 heavy (non-hydrogen) atoms. The van der Waals surface area contributed by atoms with Crippen LogP contribution in [0.4, 0.5) is 5.69 Å². The van der Waals surface area contributed by atoms with Crippen LogP contribution in [0, 0.1) is 20.8 Å². The van der Waals surface area contributed by atoms with Crippen LogP contribution in [0.25, 0.3) is 5.57 Å². The number of anilines is 1. The first kappa shape index (κ1) is 16.5. The summed E-state index contributed by atoms with van der Waals surface area (Å²) in [5.74, 6) is -1.89. The Morgan fingerprint density at radius 3 is 2.26 bits per heavy atom. The van der Waals surface area contributed by atoms with Gasteiger partial charge in [-0.1, -0.05) is 42.0 Å². The third-order valence-corrected chi connectivity index (χ3v) is 3.72. The zero-order valence-corrected chi connectivity index (χ0v) is 13.3. The van der Waals surface area contributed by atoms with Crippen molar-refractivity contribution in [2.24, 2.45) is 0 Å². The van der Waals surface area contributed by atoms with Gasteiger partial charge in [0.2, 0.25) is 5.91 Å². The summed E-state index contributed by atoms with van der Waals surface area (Å²) in [6.45, 7) is 5.74. The molecule has 0 bridgehead atoms. The summed E-state index contributed by atoms with van der Waals surface area (Å²) in [5.41, 5.74) is 3.95. The number of hydrogen-bond donors (Lipinski definition) is 1. The minimum atomic E-state index is -1.38. The number of aliphatic carboxylic acids is 1. The first-order valence-electron chi connectivity index (χ1n) is 7.26. The number of hydrogen-bond acceptors (Lipinski definition) is 3. The molecule has 0 atom stereocenters. The molecule has 0 spiro atoms. The van der Waals surface area contributed by atoms with E-state index in [1.807, 2.05) is 32.9 Å². The molecule has 2 rings (SSSR count). The molecule has 4 heteroatoms. The molecule has 1 N–H and O–H groups in total. The van der Waals surface area contributed by atoms with Crippen LogP contribution in [0.15, 0.2) is 48.5 Å². The highest BCUT2D eigenvalue weighted by molar-refractivity contribution is 6.21. The number of carboxylic acid groups (broad SMARTS) is 1. The number of carboxylic acids is 1. The number of amides is 1. The second kappa shape index (κ2) is 6.92. The van der Waals surface area contributed by atoms with E-state index >= 15 is 0 Å². The molecule has 1 amide bonds. The maximum Gasteiger partial charge on any atom is 0.249 e. The average Bonchev–Trinajstić information content (AvgIpc) is 2.50. The third-order valence-electron chi connectivity index (χ3n) is 3.72. The van der Waals surface area contributed by atoms with Crippen LogP contribution in [0.5, 0.6) is 0 Å². The fourth-order valence-corrected chi connectivity index (χ4v) is 2.18. The predicted octanol–water partition coefficient (Wildman–Crippen LogP) is 2.38. The van der Waals surface area contributed by atoms with Crippen LogP contribution in [0.3, 0.4) is 0 Å². The smallest absolute Gasteiger partial charge is 0.249 e. The normalized spacial score (nSPS) is 11.2. The van der Waals surface area contributed by atoms with Crippen LogP contribution in [-0.4, -0.2) is 11.9 Å². The summed E-state index contributed by atoms with van der Waals surface area (Å²) in [6, 6.07) is 12.4. The summed E-state index contributed by atoms with van der Waals surface area (Å²) in [6.07, 6.45) is 1.06. The van der Waals surface area contributed by atoms with E-state index < -0.39 is 11.9 Å². The van der Waals surface area contributed by atoms with Gasteiger partial charge in [0, 0.05) is 17.3 Å². The Bertz CT molecular complexity index is 774. The lowest BCUT2D eigenvalue weighted by molar-refractivity contribution is -0.295. The molecule has 0 aliphatic heterocycles. The molecule has 0 heterocycles. The van der Waals surface area contributed by atoms with E-state index in [0.717, 1.165) is 22.8 Å². The molecule has 0 saturated heterocycles. The molecule has 0 unspecified atom stereocenters. The van der Waals surface area contributed by atoms with Crippen molar-refractivity contribution in [2.75, 3.05) is 5.32 Å². The van der Waals surface area contributed by atoms with Gasteiger partial charge in [-0.3, -0.25) is 4.79 Å². The predicted molar refractivity (Wildman–Crippen MR) is 88.7 cm³/mol. The van der Waals surface area contributed by atoms with Gasteiger partial charge < -0.3 is 15.2 Å². The summed E-state index contributed by atoms with van der Waals surface area (Å²) in [7, 11) is 0. The Balaban J connectivity index is 2.29. The van der Waals surface area contributed by atoms with E-state index in [1.54, 1.807) is 30.3 Å². The van der Waals surface area contributed by atoms with E-state index in [2.05, 4.69) is 5.32 Å². The number of carbonyl (C=O) groups excluding carboxylic acids is 2. The van der Waals surface area contributed by atoms with Crippen LogP contribution >= 0.6 is 0 Å². The standard InChI is InChI=1S/C19H19NO3/c1-12-7-9-15(10-8-12)16(19(22)23)11-18(21)20-17-6-4-5-13(2)14(17)3/h4-11H,1-3H3,(H,20,21)(H,22,23)/p-1/b16-11-. The van der Waals surface area contributed by atoms with Gasteiger partial charge in [0.05, 0.1) is 5.97 Å². The summed E-state index contributed by atoms with van der Waals surface area (Å²) in [4.78, 5) is 23.5. The monoisotopic (exact) mass is 308 g/mol. The van der Waals surface area contributed by atoms with Gasteiger partial charge in [-0.05, 0) is 43.5 Å². The highest BCUT2D eigenvalue weighted by atomic mass is 16.4. The minimum absolute atomic E-state index is 0.146. The Labute approximate surface area is 135 Å². The molecule has 118 valence electrons. The van der Waals surface area contributed by atoms with Crippen molar-refractivity contribution in [3.63, 3.8) is 0 Å². The van der Waals surface area contributed by atoms with Crippen molar-refractivity contribution in [1.29, 1.82) is 0 Å². The first-order chi connectivity index (χ1) is 10.9. The molecule has 2 aromatic rings. The SMILES string of the molecule is Cc1ccc(/C(=C/C(=O)Nc2cccc(C)c2C)C(=O)[O-])cc1. The zero-order valence-electron chi connectivity index (χ0n) is 13.3. The van der Waals surface area contributed by atoms with E-state index in [4.69, 9.17) is 0 Å². The molecule has 4 nitrogen and oxygen atoms in total. The molecule has 0 saturated carbocycles. The molecule has 0 aliphatic carbocycles. The van der Waals surface area contributed by atoms with Crippen molar-refractivity contribution in [3.8, 4) is 0 Å². The lowest BCUT2D eigenvalue weighted by Crippen LogP contribution is -2.25. The summed E-state index contributed by atoms with van der Waals surface area (Å²) in [5, 5.41) is 14.0. The van der Waals surface area contributed by atoms with E-state index in [9.17, 15) is 14.7 Å². The van der Waals surface area contributed by atoms with E-state index in [0.29, 0.717) is 11.3 Å². The molecule has 0 aliphatic rings. The lowest BCUT2D eigenvalue weighted by Gasteiger charge is -2.11. The highest BCUT2D eigenvalue weighted by Gasteiger charge is 2.08. The van der Waals surface area contributed by atoms with Crippen molar-refractivity contribution in [3.05, 3.63) is 70.8 Å². The zero-order chi connectivity index (χ0) is 17.0. The molecule has 0 aromatic heterocycles. The molecule has 0 fully saturated rings. The second-order valence-corrected chi connectivity index (χ2v) is 5.45. The maximum absolute atomic E-state index is 12.2. The van der Waals surface area contributed by atoms with Gasteiger partial charge >= 0.3 is 0 Å². The molecule has 0 radical (unpaired) electrons. The van der Waals surface area contributed by atoms with Crippen molar-refractivity contribution in [1.82, 2.24) is 0 Å². The van der Waals surface area contributed by atoms with Crippen molar-refractivity contribution >= 4 is 23.1 Å². The number of nitrogens with one attached hydrogen (secondary N) is 1. The quantitative estimate of drug-likeness (QED) is 0.882. The van der Waals surface area contributed by atoms with Gasteiger partial charge in [0.25, 0.3) is 0 Å². The lowest BCUT2D eigenvalue weighted by atomic mass is 10.0. The minimum Gasteiger partial charge on any atom is -0.545 e. The van der Waals surface area contributed by atoms with E-state index in [-0.39, 0.29) is 5.57 Å². The van der Waals surface area contributed by atoms with Crippen LogP contribution in [0.2, 0.25) is 0 Å². The number of rotatable bonds is 4. The topological polar surface area (TPSA) is 69.2 Å². The van der Waals surface area contributed by atoms with Gasteiger partial charge in [-0.25, -0.2) is 0 Å². The summed E-state index contributed by atoms with van der Waals surface area (Å²) >= 11 is 0. The largest absolute Gasteiger partial charge is 0.545 e. The van der Waals surface area contributed by atoms with Gasteiger partial charge in [0.1, 0.15) is 0 Å². The van der Waals surface area contributed by atoms with Crippen LogP contribution in [-0.2, 0) is 9.59 Å². The van der Waals surface area contributed by atoms with Crippen LogP contribution < -0.4 is 10.4 Å². The van der Waals surface area contributed by atoms with Gasteiger partial charge in [0.15, 0.2) is 0 Å². The highest BCUT2D eigenvalue weighted by Crippen LogP contribution is 2.19. The number of benzene rings is 2. The van der Waals surface area contributed by atoms with Gasteiger partial charge in [-0.15, -0.1) is 0 Å². The number of carbonyl (C=O) groups is 2. The second-order valence-electron chi connectivity index (χ2n) is 5.45. The molecular formula is C19H18NO3-. The summed E-state index contributed by atoms with van der Waals surface area (Å²) < 4.78 is 0. The number of aryl methyl sites for hydroxylation is 2. The van der Waals surface area contributed by atoms with E-state index in [1.165, 1.54) is 0 Å². The Morgan fingerprint density at radius 2 is 1.65 bits per heavy atom. The fraction of sp³-hybridized carbons (Fsp3) is 0.158. The molecule has 2 aromatic carbocycles. The third kappa shape index (κ3) is 4.07. The van der Waals surface area contributed by atoms with Crippen molar-refractivity contribution < 1.29 is 14.7 Å².